The number of hydrogen-bond acceptors (Lipinski definition) is 11. The SMILES string of the molecule is CC(C)Oc1ncc(Nc2ncc(C(N)=O)c(NC3CC(C)(C)N(C)C(C)(C)C3)n2)cc1-c1nnnn1C. The molecule has 4 heterocycles. The van der Waals surface area contributed by atoms with Crippen LogP contribution in [0.25, 0.3) is 11.4 Å². The Hall–Kier alpha value is -3.87. The monoisotopic (exact) mass is 523 g/mol. The lowest BCUT2D eigenvalue weighted by Gasteiger charge is -2.53. The van der Waals surface area contributed by atoms with Crippen LogP contribution in [0.5, 0.6) is 5.88 Å². The van der Waals surface area contributed by atoms with Crippen molar-refractivity contribution < 1.29 is 9.53 Å². The number of rotatable bonds is 8. The van der Waals surface area contributed by atoms with Gasteiger partial charge in [0.05, 0.1) is 29.1 Å². The van der Waals surface area contributed by atoms with Gasteiger partial charge in [0.1, 0.15) is 5.82 Å². The third kappa shape index (κ3) is 5.67. The van der Waals surface area contributed by atoms with Gasteiger partial charge in [0.15, 0.2) is 5.82 Å². The Morgan fingerprint density at radius 1 is 1.13 bits per heavy atom. The molecule has 0 atom stereocenters. The number of nitrogens with zero attached hydrogens (tertiary/aromatic N) is 8. The Morgan fingerprint density at radius 3 is 2.39 bits per heavy atom. The number of aromatic nitrogens is 7. The summed E-state index contributed by atoms with van der Waals surface area (Å²) in [6.07, 6.45) is 4.70. The second-order valence-electron chi connectivity index (χ2n) is 11.2. The quantitative estimate of drug-likeness (QED) is 0.398. The zero-order chi connectivity index (χ0) is 27.8. The Morgan fingerprint density at radius 2 is 1.82 bits per heavy atom. The van der Waals surface area contributed by atoms with Gasteiger partial charge < -0.3 is 21.1 Å². The summed E-state index contributed by atoms with van der Waals surface area (Å²) in [5.74, 6) is 0.978. The molecule has 1 amide bonds. The first kappa shape index (κ1) is 27.2. The van der Waals surface area contributed by atoms with E-state index >= 15 is 0 Å². The summed E-state index contributed by atoms with van der Waals surface area (Å²) in [7, 11) is 3.89. The van der Waals surface area contributed by atoms with Crippen LogP contribution in [0, 0.1) is 0 Å². The molecule has 13 nitrogen and oxygen atoms in total. The molecule has 1 aliphatic heterocycles. The molecule has 1 fully saturated rings. The molecule has 0 aromatic carbocycles. The number of hydrogen-bond donors (Lipinski definition) is 3. The molecule has 204 valence electrons. The lowest BCUT2D eigenvalue weighted by molar-refractivity contribution is -0.00772. The fraction of sp³-hybridized carbons (Fsp3) is 0.560. The standard InChI is InChI=1S/C25H37N11O2/c1-14(2)38-22-17(21-32-33-34-35(21)7)9-15(12-27-22)30-23-28-13-18(19(26)37)20(31-23)29-16-10-24(3,4)36(8)25(5,6)11-16/h9,12-14,16H,10-11H2,1-8H3,(H2,26,37)(H2,28,29,30,31). The molecule has 38 heavy (non-hydrogen) atoms. The Kier molecular flexibility index (Phi) is 7.24. The zero-order valence-corrected chi connectivity index (χ0v) is 23.3. The minimum Gasteiger partial charge on any atom is -0.474 e. The number of tetrazole rings is 1. The van der Waals surface area contributed by atoms with Crippen molar-refractivity contribution in [1.82, 2.24) is 40.1 Å². The summed E-state index contributed by atoms with van der Waals surface area (Å²) < 4.78 is 7.41. The van der Waals surface area contributed by atoms with Crippen LogP contribution in [0.2, 0.25) is 0 Å². The third-order valence-corrected chi connectivity index (χ3v) is 7.02. The molecule has 4 N–H and O–H groups in total. The lowest BCUT2D eigenvalue weighted by atomic mass is 9.77. The maximum Gasteiger partial charge on any atom is 0.254 e. The van der Waals surface area contributed by atoms with E-state index in [4.69, 9.17) is 10.5 Å². The number of aryl methyl sites for hydroxylation is 1. The zero-order valence-electron chi connectivity index (χ0n) is 23.3. The number of pyridine rings is 1. The maximum atomic E-state index is 12.2. The number of piperidine rings is 1. The van der Waals surface area contributed by atoms with E-state index in [1.54, 1.807) is 17.9 Å². The summed E-state index contributed by atoms with van der Waals surface area (Å²) in [4.78, 5) is 28.0. The lowest BCUT2D eigenvalue weighted by Crippen LogP contribution is -2.61. The van der Waals surface area contributed by atoms with Gasteiger partial charge >= 0.3 is 0 Å². The van der Waals surface area contributed by atoms with Gasteiger partial charge in [-0.05, 0) is 77.9 Å². The fourth-order valence-electron chi connectivity index (χ4n) is 4.98. The van der Waals surface area contributed by atoms with Crippen LogP contribution in [0.4, 0.5) is 17.5 Å². The number of primary amides is 1. The highest BCUT2D eigenvalue weighted by Gasteiger charge is 2.43. The average molecular weight is 524 g/mol. The molecule has 1 aliphatic rings. The molecular weight excluding hydrogens is 486 g/mol. The second-order valence-corrected chi connectivity index (χ2v) is 11.2. The van der Waals surface area contributed by atoms with E-state index in [9.17, 15) is 4.79 Å². The first-order valence-corrected chi connectivity index (χ1v) is 12.6. The number of likely N-dealkylation sites (tertiary alicyclic amines) is 1. The number of nitrogens with two attached hydrogens (primary N) is 1. The van der Waals surface area contributed by atoms with Gasteiger partial charge in [0.2, 0.25) is 11.8 Å². The van der Waals surface area contributed by atoms with Crippen molar-refractivity contribution in [1.29, 1.82) is 0 Å². The Balaban J connectivity index is 1.64. The van der Waals surface area contributed by atoms with Gasteiger partial charge in [-0.3, -0.25) is 9.69 Å². The van der Waals surface area contributed by atoms with E-state index in [1.807, 2.05) is 19.9 Å². The van der Waals surface area contributed by atoms with Gasteiger partial charge in [-0.1, -0.05) is 0 Å². The Bertz CT molecular complexity index is 1300. The molecule has 3 aromatic heterocycles. The molecule has 3 aromatic rings. The molecule has 0 spiro atoms. The van der Waals surface area contributed by atoms with Gasteiger partial charge in [-0.25, -0.2) is 14.6 Å². The van der Waals surface area contributed by atoms with Crippen molar-refractivity contribution >= 4 is 23.4 Å². The first-order valence-electron chi connectivity index (χ1n) is 12.6. The molecule has 0 unspecified atom stereocenters. The number of ether oxygens (including phenoxy) is 1. The van der Waals surface area contributed by atoms with Crippen LogP contribution in [-0.2, 0) is 7.05 Å². The third-order valence-electron chi connectivity index (χ3n) is 7.02. The number of carbonyl (C=O) groups is 1. The van der Waals surface area contributed by atoms with Gasteiger partial charge in [-0.2, -0.15) is 4.98 Å². The maximum absolute atomic E-state index is 12.2. The molecule has 1 saturated heterocycles. The van der Waals surface area contributed by atoms with Crippen molar-refractivity contribution in [3.63, 3.8) is 0 Å². The summed E-state index contributed by atoms with van der Waals surface area (Å²) in [6.45, 7) is 12.7. The predicted molar refractivity (Wildman–Crippen MR) is 144 cm³/mol. The summed E-state index contributed by atoms with van der Waals surface area (Å²) in [5, 5.41) is 18.4. The van der Waals surface area contributed by atoms with Crippen LogP contribution < -0.4 is 21.1 Å². The minimum atomic E-state index is -0.598. The minimum absolute atomic E-state index is 0.0447. The van der Waals surface area contributed by atoms with Crippen molar-refractivity contribution in [3.05, 3.63) is 24.0 Å². The fourth-order valence-corrected chi connectivity index (χ4v) is 4.98. The van der Waals surface area contributed by atoms with Gasteiger partial charge in [0, 0.05) is 30.4 Å². The molecule has 4 rings (SSSR count). The molecule has 0 aliphatic carbocycles. The summed E-state index contributed by atoms with van der Waals surface area (Å²) in [6, 6.07) is 1.90. The summed E-state index contributed by atoms with van der Waals surface area (Å²) >= 11 is 0. The first-order chi connectivity index (χ1) is 17.8. The highest BCUT2D eigenvalue weighted by Crippen LogP contribution is 2.38. The number of carbonyl (C=O) groups excluding carboxylic acids is 1. The smallest absolute Gasteiger partial charge is 0.254 e. The molecule has 0 radical (unpaired) electrons. The molecule has 0 saturated carbocycles. The molecular formula is C25H37N11O2. The van der Waals surface area contributed by atoms with E-state index in [0.29, 0.717) is 28.8 Å². The highest BCUT2D eigenvalue weighted by molar-refractivity contribution is 5.97. The van der Waals surface area contributed by atoms with E-state index in [1.165, 1.54) is 6.20 Å². The van der Waals surface area contributed by atoms with Crippen LogP contribution in [-0.4, -0.2) is 76.2 Å². The highest BCUT2D eigenvalue weighted by atomic mass is 16.5. The number of nitrogens with one attached hydrogen (secondary N) is 2. The van der Waals surface area contributed by atoms with Crippen LogP contribution in [0.3, 0.4) is 0 Å². The summed E-state index contributed by atoms with van der Waals surface area (Å²) in [5.41, 5.74) is 7.01. The van der Waals surface area contributed by atoms with Crippen molar-refractivity contribution in [2.75, 3.05) is 17.7 Å². The van der Waals surface area contributed by atoms with E-state index in [-0.39, 0.29) is 34.7 Å². The average Bonchev–Trinajstić information content (AvgIpc) is 3.23. The number of amides is 1. The van der Waals surface area contributed by atoms with E-state index < -0.39 is 5.91 Å². The largest absolute Gasteiger partial charge is 0.474 e. The van der Waals surface area contributed by atoms with Crippen molar-refractivity contribution in [2.24, 2.45) is 12.8 Å². The second kappa shape index (κ2) is 10.1. The topological polar surface area (TPSA) is 162 Å². The van der Waals surface area contributed by atoms with Gasteiger partial charge in [0.25, 0.3) is 5.91 Å². The van der Waals surface area contributed by atoms with Crippen molar-refractivity contribution in [2.45, 2.75) is 77.6 Å². The van der Waals surface area contributed by atoms with Gasteiger partial charge in [-0.15, -0.1) is 5.10 Å². The normalized spacial score (nSPS) is 17.4. The van der Waals surface area contributed by atoms with Crippen molar-refractivity contribution in [3.8, 4) is 17.3 Å². The van der Waals surface area contributed by atoms with Crippen LogP contribution >= 0.6 is 0 Å². The predicted octanol–water partition coefficient (Wildman–Crippen LogP) is 2.76. The Labute approximate surface area is 222 Å². The van der Waals surface area contributed by atoms with Crippen LogP contribution in [0.1, 0.15) is 64.7 Å². The number of anilines is 3. The van der Waals surface area contributed by atoms with Crippen LogP contribution in [0.15, 0.2) is 18.5 Å². The molecule has 13 heteroatoms. The van der Waals surface area contributed by atoms with E-state index in [0.717, 1.165) is 12.8 Å². The molecule has 0 bridgehead atoms. The van der Waals surface area contributed by atoms with E-state index in [2.05, 4.69) is 80.8 Å².